The van der Waals surface area contributed by atoms with Crippen LogP contribution in [-0.2, 0) is 0 Å². The summed E-state index contributed by atoms with van der Waals surface area (Å²) in [6, 6.07) is 8.84. The lowest BCUT2D eigenvalue weighted by molar-refractivity contribution is 0.401. The van der Waals surface area contributed by atoms with Crippen molar-refractivity contribution >= 4 is 34.7 Å². The van der Waals surface area contributed by atoms with E-state index in [2.05, 4.69) is 9.80 Å². The van der Waals surface area contributed by atoms with Crippen LogP contribution in [0.25, 0.3) is 0 Å². The van der Waals surface area contributed by atoms with Gasteiger partial charge in [-0.3, -0.25) is 0 Å². The van der Waals surface area contributed by atoms with Gasteiger partial charge in [0.15, 0.2) is 0 Å². The van der Waals surface area contributed by atoms with Gasteiger partial charge < -0.3 is 20.0 Å². The Morgan fingerprint density at radius 2 is 1.91 bits per heavy atom. The number of anilines is 2. The number of fused-ring (bicyclic) bond motifs is 2. The van der Waals surface area contributed by atoms with Crippen molar-refractivity contribution in [2.45, 2.75) is 16.2 Å². The average molecular weight is 351 g/mol. The summed E-state index contributed by atoms with van der Waals surface area (Å²) in [5.74, 6) is 0.155. The topological polar surface area (TPSA) is 46.9 Å². The Hall–Kier alpha value is -1.56. The maximum Gasteiger partial charge on any atom is 0.144 e. The Kier molecular flexibility index (Phi) is 4.62. The molecule has 0 saturated carbocycles. The predicted octanol–water partition coefficient (Wildman–Crippen LogP) is 4.31. The summed E-state index contributed by atoms with van der Waals surface area (Å²) >= 11 is 7.70. The molecule has 0 atom stereocenters. The van der Waals surface area contributed by atoms with Crippen LogP contribution in [-0.4, -0.2) is 42.3 Å². The molecule has 23 heavy (non-hydrogen) atoms. The smallest absolute Gasteiger partial charge is 0.144 e. The van der Waals surface area contributed by atoms with Crippen molar-refractivity contribution < 1.29 is 10.2 Å². The number of hydrogen-bond donors (Lipinski definition) is 2. The Morgan fingerprint density at radius 1 is 1.13 bits per heavy atom. The number of nitrogens with zero attached hydrogens (tertiary/aromatic N) is 2. The van der Waals surface area contributed by atoms with Crippen LogP contribution < -0.4 is 4.90 Å². The van der Waals surface area contributed by atoms with Crippen molar-refractivity contribution in [3.05, 3.63) is 35.4 Å². The summed E-state index contributed by atoms with van der Waals surface area (Å²) in [6.07, 6.45) is 0.948. The Morgan fingerprint density at radius 3 is 2.65 bits per heavy atom. The van der Waals surface area contributed by atoms with Crippen LogP contribution in [0.1, 0.15) is 6.42 Å². The largest absolute Gasteiger partial charge is 0.508 e. The molecule has 0 saturated heterocycles. The first-order valence-electron chi connectivity index (χ1n) is 7.41. The second kappa shape index (κ2) is 6.51. The first-order chi connectivity index (χ1) is 11.0. The van der Waals surface area contributed by atoms with Crippen molar-refractivity contribution in [2.75, 3.05) is 32.1 Å². The van der Waals surface area contributed by atoms with Gasteiger partial charge in [-0.1, -0.05) is 23.4 Å². The molecule has 2 aromatic carbocycles. The molecule has 4 nitrogen and oxygen atoms in total. The molecule has 2 aromatic rings. The van der Waals surface area contributed by atoms with Gasteiger partial charge in [0, 0.05) is 27.4 Å². The maximum absolute atomic E-state index is 10.4. The van der Waals surface area contributed by atoms with Gasteiger partial charge in [0.2, 0.25) is 0 Å². The average Bonchev–Trinajstić information content (AvgIpc) is 2.46. The van der Waals surface area contributed by atoms with Crippen molar-refractivity contribution in [1.82, 2.24) is 4.90 Å². The van der Waals surface area contributed by atoms with Gasteiger partial charge in [0.25, 0.3) is 0 Å². The first kappa shape index (κ1) is 16.3. The first-order valence-corrected chi connectivity index (χ1v) is 8.61. The van der Waals surface area contributed by atoms with Crippen LogP contribution in [0.4, 0.5) is 11.4 Å². The molecular weight excluding hydrogens is 332 g/mol. The standard InChI is InChI=1S/C17H19ClN2O2S/c1-19(2)6-3-7-20-13-8-11(18)4-5-15(13)23-16-10-12(21)9-14(22)17(16)20/h4-5,8-10,21-22H,3,6-7H2,1-2H3. The Labute approximate surface area is 145 Å². The fourth-order valence-electron chi connectivity index (χ4n) is 2.73. The predicted molar refractivity (Wildman–Crippen MR) is 95.5 cm³/mol. The van der Waals surface area contributed by atoms with Crippen LogP contribution in [0.15, 0.2) is 40.1 Å². The van der Waals surface area contributed by atoms with Gasteiger partial charge >= 0.3 is 0 Å². The molecule has 0 unspecified atom stereocenters. The zero-order valence-corrected chi connectivity index (χ0v) is 14.7. The summed E-state index contributed by atoms with van der Waals surface area (Å²) in [7, 11) is 4.08. The zero-order valence-electron chi connectivity index (χ0n) is 13.1. The highest BCUT2D eigenvalue weighted by Crippen LogP contribution is 2.53. The molecule has 0 amide bonds. The molecule has 1 aliphatic heterocycles. The lowest BCUT2D eigenvalue weighted by Crippen LogP contribution is -2.25. The van der Waals surface area contributed by atoms with E-state index in [0.29, 0.717) is 5.02 Å². The van der Waals surface area contributed by atoms with Gasteiger partial charge in [-0.2, -0.15) is 0 Å². The van der Waals surface area contributed by atoms with E-state index in [1.54, 1.807) is 6.07 Å². The van der Waals surface area contributed by atoms with Gasteiger partial charge in [-0.15, -0.1) is 0 Å². The third-order valence-electron chi connectivity index (χ3n) is 3.73. The van der Waals surface area contributed by atoms with Crippen LogP contribution >= 0.6 is 23.4 Å². The molecule has 1 heterocycles. The number of hydrogen-bond acceptors (Lipinski definition) is 5. The monoisotopic (exact) mass is 350 g/mol. The third-order valence-corrected chi connectivity index (χ3v) is 5.06. The minimum absolute atomic E-state index is 0.0689. The highest BCUT2D eigenvalue weighted by Gasteiger charge is 2.27. The lowest BCUT2D eigenvalue weighted by Gasteiger charge is -2.33. The Balaban J connectivity index is 2.03. The second-order valence-electron chi connectivity index (χ2n) is 5.83. The van der Waals surface area contributed by atoms with Gasteiger partial charge in [-0.25, -0.2) is 0 Å². The molecule has 0 bridgehead atoms. The van der Waals surface area contributed by atoms with Crippen molar-refractivity contribution in [2.24, 2.45) is 0 Å². The van der Waals surface area contributed by atoms with Crippen molar-refractivity contribution in [3.63, 3.8) is 0 Å². The number of phenolic OH excluding ortho intramolecular Hbond substituents is 2. The summed E-state index contributed by atoms with van der Waals surface area (Å²) in [5, 5.41) is 20.8. The molecule has 0 radical (unpaired) electrons. The van der Waals surface area contributed by atoms with E-state index in [0.717, 1.165) is 40.7 Å². The van der Waals surface area contributed by atoms with Crippen LogP contribution in [0.2, 0.25) is 5.02 Å². The quantitative estimate of drug-likeness (QED) is 0.860. The van der Waals surface area contributed by atoms with E-state index < -0.39 is 0 Å². The van der Waals surface area contributed by atoms with Gasteiger partial charge in [0.1, 0.15) is 11.5 Å². The fraction of sp³-hybridized carbons (Fsp3) is 0.294. The number of rotatable bonds is 4. The molecule has 6 heteroatoms. The summed E-state index contributed by atoms with van der Waals surface area (Å²) < 4.78 is 0. The van der Waals surface area contributed by atoms with Gasteiger partial charge in [0.05, 0.1) is 11.4 Å². The number of phenols is 2. The molecule has 0 aromatic heterocycles. The zero-order chi connectivity index (χ0) is 16.6. The number of halogens is 1. The molecule has 122 valence electrons. The molecule has 0 fully saturated rings. The molecule has 1 aliphatic rings. The highest BCUT2D eigenvalue weighted by atomic mass is 35.5. The fourth-order valence-corrected chi connectivity index (χ4v) is 4.04. The highest BCUT2D eigenvalue weighted by molar-refractivity contribution is 7.99. The van der Waals surface area contributed by atoms with E-state index >= 15 is 0 Å². The van der Waals surface area contributed by atoms with Gasteiger partial charge in [-0.05, 0) is 51.3 Å². The maximum atomic E-state index is 10.4. The van der Waals surface area contributed by atoms with E-state index in [9.17, 15) is 10.2 Å². The number of benzene rings is 2. The minimum Gasteiger partial charge on any atom is -0.508 e. The van der Waals surface area contributed by atoms with E-state index in [4.69, 9.17) is 11.6 Å². The second-order valence-corrected chi connectivity index (χ2v) is 7.35. The molecule has 0 aliphatic carbocycles. The van der Waals surface area contributed by atoms with E-state index in [1.807, 2.05) is 32.3 Å². The summed E-state index contributed by atoms with van der Waals surface area (Å²) in [6.45, 7) is 1.71. The molecule has 0 spiro atoms. The molecule has 3 rings (SSSR count). The summed E-state index contributed by atoms with van der Waals surface area (Å²) in [5.41, 5.74) is 1.73. The van der Waals surface area contributed by atoms with Crippen LogP contribution in [0.5, 0.6) is 11.5 Å². The Bertz CT molecular complexity index is 737. The molecular formula is C17H19ClN2O2S. The third kappa shape index (κ3) is 3.37. The van der Waals surface area contributed by atoms with Crippen LogP contribution in [0, 0.1) is 0 Å². The SMILES string of the molecule is CN(C)CCCN1c2cc(Cl)ccc2Sc2cc(O)cc(O)c21. The summed E-state index contributed by atoms with van der Waals surface area (Å²) in [4.78, 5) is 6.14. The van der Waals surface area contributed by atoms with E-state index in [1.165, 1.54) is 17.8 Å². The normalized spacial score (nSPS) is 13.1. The minimum atomic E-state index is 0.0689. The molecule has 2 N–H and O–H groups in total. The van der Waals surface area contributed by atoms with Crippen molar-refractivity contribution in [3.8, 4) is 11.5 Å². The van der Waals surface area contributed by atoms with Crippen molar-refractivity contribution in [1.29, 1.82) is 0 Å². The number of aromatic hydroxyl groups is 2. The lowest BCUT2D eigenvalue weighted by atomic mass is 10.2. The van der Waals surface area contributed by atoms with Crippen LogP contribution in [0.3, 0.4) is 0 Å². The van der Waals surface area contributed by atoms with E-state index in [-0.39, 0.29) is 11.5 Å².